The fourth-order valence-electron chi connectivity index (χ4n) is 4.11. The molecular weight excluding hydrogens is 522 g/mol. The van der Waals surface area contributed by atoms with Gasteiger partial charge in [-0.2, -0.15) is 8.42 Å². The van der Waals surface area contributed by atoms with Gasteiger partial charge in [0.05, 0.1) is 18.6 Å². The number of imide groups is 1. The number of nitrogens with zero attached hydrogens (tertiary/aromatic N) is 1. The molecule has 4 aromatic rings. The van der Waals surface area contributed by atoms with Gasteiger partial charge < -0.3 is 8.92 Å². The fraction of sp³-hybridized carbons (Fsp3) is 0.103. The standard InChI is InChI=1S/C29H23NO6S2/c1-19-10-13-23(14-11-19)38(33,34)36-26-16-20(12-15-25(26)35-2)17-27-28(31)30(29(32)37-27)18-22-8-5-7-21-6-3-4-9-24(21)22/h3-17H,18H2,1-2H3/b27-17-. The fourth-order valence-corrected chi connectivity index (χ4v) is 5.88. The molecule has 0 saturated carbocycles. The SMILES string of the molecule is COc1ccc(/C=C2\SC(=O)N(Cc3cccc4ccccc34)C2=O)cc1OS(=O)(=O)c1ccc(C)cc1. The van der Waals surface area contributed by atoms with Crippen LogP contribution in [-0.2, 0) is 21.5 Å². The average molecular weight is 546 g/mol. The van der Waals surface area contributed by atoms with E-state index in [0.717, 1.165) is 33.7 Å². The van der Waals surface area contributed by atoms with Gasteiger partial charge in [-0.25, -0.2) is 0 Å². The molecule has 0 aliphatic carbocycles. The number of amides is 2. The Balaban J connectivity index is 1.41. The quantitative estimate of drug-likeness (QED) is 0.203. The molecule has 5 rings (SSSR count). The lowest BCUT2D eigenvalue weighted by Crippen LogP contribution is -2.27. The molecule has 9 heteroatoms. The summed E-state index contributed by atoms with van der Waals surface area (Å²) in [6.07, 6.45) is 1.54. The molecule has 38 heavy (non-hydrogen) atoms. The molecule has 0 radical (unpaired) electrons. The van der Waals surface area contributed by atoms with Crippen LogP contribution in [0.5, 0.6) is 11.5 Å². The predicted octanol–water partition coefficient (Wildman–Crippen LogP) is 6.16. The number of carbonyl (C=O) groups excluding carboxylic acids is 2. The zero-order valence-electron chi connectivity index (χ0n) is 20.6. The molecule has 1 aliphatic rings. The Bertz CT molecular complexity index is 1690. The third-order valence-electron chi connectivity index (χ3n) is 6.08. The highest BCUT2D eigenvalue weighted by Crippen LogP contribution is 2.36. The van der Waals surface area contributed by atoms with Crippen LogP contribution in [0.4, 0.5) is 4.79 Å². The summed E-state index contributed by atoms with van der Waals surface area (Å²) < 4.78 is 36.4. The van der Waals surface area contributed by atoms with E-state index < -0.39 is 16.0 Å². The lowest BCUT2D eigenvalue weighted by Gasteiger charge is -2.14. The molecule has 0 bridgehead atoms. The van der Waals surface area contributed by atoms with Gasteiger partial charge in [0, 0.05) is 0 Å². The van der Waals surface area contributed by atoms with Gasteiger partial charge >= 0.3 is 10.1 Å². The molecule has 1 heterocycles. The summed E-state index contributed by atoms with van der Waals surface area (Å²) in [5, 5.41) is 1.63. The zero-order valence-corrected chi connectivity index (χ0v) is 22.2. The Morgan fingerprint density at radius 2 is 1.63 bits per heavy atom. The number of carbonyl (C=O) groups is 2. The highest BCUT2D eigenvalue weighted by molar-refractivity contribution is 8.18. The minimum Gasteiger partial charge on any atom is -0.493 e. The molecule has 0 aromatic heterocycles. The maximum absolute atomic E-state index is 13.2. The van der Waals surface area contributed by atoms with Crippen LogP contribution in [0, 0.1) is 6.92 Å². The van der Waals surface area contributed by atoms with Crippen LogP contribution in [-0.4, -0.2) is 31.6 Å². The molecule has 1 aliphatic heterocycles. The Morgan fingerprint density at radius 3 is 2.39 bits per heavy atom. The largest absolute Gasteiger partial charge is 0.493 e. The van der Waals surface area contributed by atoms with Gasteiger partial charge in [0.25, 0.3) is 11.1 Å². The van der Waals surface area contributed by atoms with E-state index in [9.17, 15) is 18.0 Å². The highest BCUT2D eigenvalue weighted by Gasteiger charge is 2.35. The van der Waals surface area contributed by atoms with Crippen molar-refractivity contribution in [2.45, 2.75) is 18.4 Å². The first kappa shape index (κ1) is 25.6. The van der Waals surface area contributed by atoms with E-state index in [-0.39, 0.29) is 33.1 Å². The summed E-state index contributed by atoms with van der Waals surface area (Å²) >= 11 is 0.837. The van der Waals surface area contributed by atoms with Crippen molar-refractivity contribution in [3.63, 3.8) is 0 Å². The van der Waals surface area contributed by atoms with Crippen LogP contribution in [0.3, 0.4) is 0 Å². The number of benzene rings is 4. The van der Waals surface area contributed by atoms with E-state index >= 15 is 0 Å². The normalized spacial score (nSPS) is 14.9. The topological polar surface area (TPSA) is 90.0 Å². The van der Waals surface area contributed by atoms with Crippen molar-refractivity contribution in [2.75, 3.05) is 7.11 Å². The van der Waals surface area contributed by atoms with Gasteiger partial charge in [-0.3, -0.25) is 14.5 Å². The lowest BCUT2D eigenvalue weighted by molar-refractivity contribution is -0.123. The molecule has 1 saturated heterocycles. The van der Waals surface area contributed by atoms with Crippen LogP contribution < -0.4 is 8.92 Å². The minimum absolute atomic E-state index is 0.00473. The van der Waals surface area contributed by atoms with E-state index in [0.29, 0.717) is 5.56 Å². The van der Waals surface area contributed by atoms with E-state index in [1.807, 2.05) is 49.4 Å². The number of rotatable bonds is 7. The Morgan fingerprint density at radius 1 is 0.895 bits per heavy atom. The van der Waals surface area contributed by atoms with Crippen molar-refractivity contribution in [3.05, 3.63) is 107 Å². The number of hydrogen-bond donors (Lipinski definition) is 0. The molecule has 0 spiro atoms. The molecule has 0 N–H and O–H groups in total. The van der Waals surface area contributed by atoms with Gasteiger partial charge in [0.1, 0.15) is 4.90 Å². The number of ether oxygens (including phenoxy) is 1. The van der Waals surface area contributed by atoms with Gasteiger partial charge in [-0.15, -0.1) is 0 Å². The molecule has 0 unspecified atom stereocenters. The summed E-state index contributed by atoms with van der Waals surface area (Å²) in [5.74, 6) is -0.239. The van der Waals surface area contributed by atoms with Crippen LogP contribution in [0.15, 0.2) is 94.7 Å². The van der Waals surface area contributed by atoms with Crippen molar-refractivity contribution >= 4 is 49.9 Å². The van der Waals surface area contributed by atoms with E-state index in [4.69, 9.17) is 8.92 Å². The smallest absolute Gasteiger partial charge is 0.339 e. The number of hydrogen-bond acceptors (Lipinski definition) is 7. The van der Waals surface area contributed by atoms with Crippen LogP contribution >= 0.6 is 11.8 Å². The zero-order chi connectivity index (χ0) is 26.9. The van der Waals surface area contributed by atoms with E-state index in [1.165, 1.54) is 30.2 Å². The first-order valence-corrected chi connectivity index (χ1v) is 13.9. The summed E-state index contributed by atoms with van der Waals surface area (Å²) in [6.45, 7) is 2.00. The van der Waals surface area contributed by atoms with Gasteiger partial charge in [-0.05, 0) is 70.9 Å². The van der Waals surface area contributed by atoms with E-state index in [1.54, 1.807) is 30.3 Å². The second-order valence-corrected chi connectivity index (χ2v) is 11.2. The number of aryl methyl sites for hydroxylation is 1. The Hall–Kier alpha value is -4.08. The number of methoxy groups -OCH3 is 1. The highest BCUT2D eigenvalue weighted by atomic mass is 32.2. The summed E-state index contributed by atoms with van der Waals surface area (Å²) in [4.78, 5) is 27.4. The number of fused-ring (bicyclic) bond motifs is 1. The second-order valence-electron chi connectivity index (χ2n) is 8.67. The molecule has 192 valence electrons. The first-order chi connectivity index (χ1) is 18.2. The van der Waals surface area contributed by atoms with Gasteiger partial charge in [-0.1, -0.05) is 66.2 Å². The molecular formula is C29H23NO6S2. The van der Waals surface area contributed by atoms with Crippen LogP contribution in [0.25, 0.3) is 16.8 Å². The van der Waals surface area contributed by atoms with Crippen LogP contribution in [0.2, 0.25) is 0 Å². The molecule has 7 nitrogen and oxygen atoms in total. The molecule has 4 aromatic carbocycles. The second kappa shape index (κ2) is 10.4. The monoisotopic (exact) mass is 545 g/mol. The van der Waals surface area contributed by atoms with Crippen molar-refractivity contribution in [1.82, 2.24) is 4.90 Å². The molecule has 2 amide bonds. The summed E-state index contributed by atoms with van der Waals surface area (Å²) in [7, 11) is -2.72. The van der Waals surface area contributed by atoms with E-state index in [2.05, 4.69) is 0 Å². The average Bonchev–Trinajstić information content (AvgIpc) is 3.16. The summed E-state index contributed by atoms with van der Waals surface area (Å²) in [6, 6.07) is 24.5. The Kier molecular flexibility index (Phi) is 6.96. The predicted molar refractivity (Wildman–Crippen MR) is 147 cm³/mol. The van der Waals surface area contributed by atoms with Crippen molar-refractivity contribution < 1.29 is 26.9 Å². The Labute approximate surface area is 224 Å². The van der Waals surface area contributed by atoms with Crippen molar-refractivity contribution in [3.8, 4) is 11.5 Å². The number of thioether (sulfide) groups is 1. The first-order valence-electron chi connectivity index (χ1n) is 11.7. The molecule has 1 fully saturated rings. The summed E-state index contributed by atoms with van der Waals surface area (Å²) in [5.41, 5.74) is 2.27. The maximum atomic E-state index is 13.2. The van der Waals surface area contributed by atoms with Gasteiger partial charge in [0.15, 0.2) is 11.5 Å². The van der Waals surface area contributed by atoms with Crippen LogP contribution in [0.1, 0.15) is 16.7 Å². The van der Waals surface area contributed by atoms with Crippen molar-refractivity contribution in [2.24, 2.45) is 0 Å². The minimum atomic E-state index is -4.12. The third kappa shape index (κ3) is 5.16. The van der Waals surface area contributed by atoms with Crippen molar-refractivity contribution in [1.29, 1.82) is 0 Å². The molecule has 0 atom stereocenters. The van der Waals surface area contributed by atoms with Gasteiger partial charge in [0.2, 0.25) is 0 Å². The maximum Gasteiger partial charge on any atom is 0.339 e. The lowest BCUT2D eigenvalue weighted by atomic mass is 10.0. The third-order valence-corrected chi connectivity index (χ3v) is 8.23.